The summed E-state index contributed by atoms with van der Waals surface area (Å²) in [4.78, 5) is 12.6. The van der Waals surface area contributed by atoms with Crippen molar-refractivity contribution in [2.24, 2.45) is 0 Å². The molecule has 3 N–H and O–H groups in total. The van der Waals surface area contributed by atoms with E-state index in [1.807, 2.05) is 24.6 Å². The molecule has 2 rings (SSSR count). The van der Waals surface area contributed by atoms with E-state index in [0.29, 0.717) is 16.7 Å². The predicted molar refractivity (Wildman–Crippen MR) is 126 cm³/mol. The van der Waals surface area contributed by atoms with Crippen LogP contribution in [0.1, 0.15) is 86.8 Å². The average molecular weight is 491 g/mol. The van der Waals surface area contributed by atoms with Crippen molar-refractivity contribution in [1.82, 2.24) is 4.72 Å². The molecule has 1 amide bonds. The van der Waals surface area contributed by atoms with Crippen LogP contribution in [0.2, 0.25) is 0 Å². The monoisotopic (exact) mass is 490 g/mol. The first-order chi connectivity index (χ1) is 15.6. The fourth-order valence-electron chi connectivity index (χ4n) is 4.01. The molecule has 2 aromatic carbocycles. The Balaban J connectivity index is 2.47. The lowest BCUT2D eigenvalue weighted by Gasteiger charge is -2.22. The van der Waals surface area contributed by atoms with Crippen LogP contribution in [0.4, 0.5) is 4.39 Å². The zero-order valence-corrected chi connectivity index (χ0v) is 21.0. The van der Waals surface area contributed by atoms with Crippen LogP contribution in [0.5, 0.6) is 0 Å². The number of halogens is 1. The first-order valence-electron chi connectivity index (χ1n) is 10.9. The van der Waals surface area contributed by atoms with Crippen LogP contribution >= 0.6 is 0 Å². The summed E-state index contributed by atoms with van der Waals surface area (Å²) >= 11 is 0. The number of hydrogen-bond donors (Lipinski definition) is 3. The lowest BCUT2D eigenvalue weighted by Crippen LogP contribution is -2.33. The van der Waals surface area contributed by atoms with E-state index in [-0.39, 0.29) is 33.4 Å². The van der Waals surface area contributed by atoms with Crippen molar-refractivity contribution in [2.45, 2.75) is 76.9 Å². The minimum absolute atomic E-state index is 0.118. The zero-order valence-electron chi connectivity index (χ0n) is 20.2. The summed E-state index contributed by atoms with van der Waals surface area (Å²) in [6.45, 7) is 9.68. The van der Waals surface area contributed by atoms with Crippen molar-refractivity contribution < 1.29 is 27.8 Å². The van der Waals surface area contributed by atoms with Crippen LogP contribution in [0.25, 0.3) is 0 Å². The molecule has 0 spiro atoms. The van der Waals surface area contributed by atoms with Crippen molar-refractivity contribution >= 4 is 15.9 Å². The molecule has 0 atom stereocenters. The standard InChI is InChI=1S/C25H31FN2O5S/c1-14(2)19-10-16(12-27)24(26)23(15(3)4)20(19)11-22(30)28-34(32,33)18-7-8-21(25(5,6)31)17(9-18)13-29/h7-10,14-15,29,31H,11,13H2,1-6H3,(H,28,30). The summed E-state index contributed by atoms with van der Waals surface area (Å²) in [5.41, 5.74) is 0.329. The molecule has 0 saturated carbocycles. The zero-order chi connectivity index (χ0) is 26.0. The van der Waals surface area contributed by atoms with E-state index in [1.54, 1.807) is 13.8 Å². The average Bonchev–Trinajstić information content (AvgIpc) is 2.71. The summed E-state index contributed by atoms with van der Waals surface area (Å²) in [6, 6.07) is 7.07. The Hall–Kier alpha value is -2.80. The van der Waals surface area contributed by atoms with Gasteiger partial charge in [-0.1, -0.05) is 33.8 Å². The van der Waals surface area contributed by atoms with E-state index in [9.17, 15) is 33.1 Å². The second kappa shape index (κ2) is 10.2. The Kier molecular flexibility index (Phi) is 8.25. The second-order valence-corrected chi connectivity index (χ2v) is 11.1. The maximum atomic E-state index is 15.0. The molecule has 0 radical (unpaired) electrons. The number of rotatable bonds is 8. The summed E-state index contributed by atoms with van der Waals surface area (Å²) in [5, 5.41) is 29.2. The van der Waals surface area contributed by atoms with Crippen molar-refractivity contribution in [2.75, 3.05) is 0 Å². The molecule has 0 heterocycles. The van der Waals surface area contributed by atoms with Gasteiger partial charge in [0.1, 0.15) is 11.9 Å². The van der Waals surface area contributed by atoms with Gasteiger partial charge in [-0.25, -0.2) is 17.5 Å². The summed E-state index contributed by atoms with van der Waals surface area (Å²) < 4.78 is 42.7. The van der Waals surface area contributed by atoms with E-state index >= 15 is 0 Å². The first-order valence-corrected chi connectivity index (χ1v) is 12.4. The molecular formula is C25H31FN2O5S. The predicted octanol–water partition coefficient (Wildman–Crippen LogP) is 3.71. The lowest BCUT2D eigenvalue weighted by atomic mass is 9.85. The number of carbonyl (C=O) groups is 1. The minimum Gasteiger partial charge on any atom is -0.392 e. The minimum atomic E-state index is -4.30. The van der Waals surface area contributed by atoms with Gasteiger partial charge in [-0.3, -0.25) is 4.79 Å². The fraction of sp³-hybridized carbons (Fsp3) is 0.440. The van der Waals surface area contributed by atoms with Gasteiger partial charge in [0.2, 0.25) is 5.91 Å². The van der Waals surface area contributed by atoms with E-state index < -0.39 is 40.4 Å². The number of amides is 1. The number of aliphatic hydroxyl groups excluding tert-OH is 1. The summed E-state index contributed by atoms with van der Waals surface area (Å²) in [7, 11) is -4.30. The highest BCUT2D eigenvalue weighted by Crippen LogP contribution is 2.33. The van der Waals surface area contributed by atoms with Crippen molar-refractivity contribution in [3.8, 4) is 6.07 Å². The van der Waals surface area contributed by atoms with E-state index in [4.69, 9.17) is 0 Å². The van der Waals surface area contributed by atoms with Crippen LogP contribution in [0, 0.1) is 17.1 Å². The van der Waals surface area contributed by atoms with Crippen LogP contribution in [0.15, 0.2) is 29.2 Å². The highest BCUT2D eigenvalue weighted by Gasteiger charge is 2.27. The Morgan fingerprint density at radius 1 is 1.18 bits per heavy atom. The van der Waals surface area contributed by atoms with Crippen molar-refractivity contribution in [1.29, 1.82) is 5.26 Å². The smallest absolute Gasteiger partial charge is 0.264 e. The van der Waals surface area contributed by atoms with Gasteiger partial charge in [0.05, 0.1) is 29.1 Å². The molecule has 184 valence electrons. The van der Waals surface area contributed by atoms with Crippen molar-refractivity contribution in [3.05, 3.63) is 63.5 Å². The van der Waals surface area contributed by atoms with Gasteiger partial charge in [-0.2, -0.15) is 5.26 Å². The number of hydrogen-bond acceptors (Lipinski definition) is 6. The molecule has 0 saturated heterocycles. The van der Waals surface area contributed by atoms with Gasteiger partial charge in [-0.15, -0.1) is 0 Å². The van der Waals surface area contributed by atoms with Crippen molar-refractivity contribution in [3.63, 3.8) is 0 Å². The topological polar surface area (TPSA) is 127 Å². The maximum absolute atomic E-state index is 15.0. The molecule has 0 aliphatic carbocycles. The number of aliphatic hydroxyl groups is 2. The molecule has 0 aliphatic heterocycles. The van der Waals surface area contributed by atoms with Gasteiger partial charge in [0.25, 0.3) is 10.0 Å². The molecule has 7 nitrogen and oxygen atoms in total. The van der Waals surface area contributed by atoms with E-state index in [1.165, 1.54) is 38.1 Å². The SMILES string of the molecule is CC(C)c1cc(C#N)c(F)c(C(C)C)c1CC(=O)NS(=O)(=O)c1ccc(C(C)(C)O)c(CO)c1. The highest BCUT2D eigenvalue weighted by atomic mass is 32.2. The van der Waals surface area contributed by atoms with Gasteiger partial charge in [0.15, 0.2) is 0 Å². The Morgan fingerprint density at radius 2 is 1.79 bits per heavy atom. The molecule has 2 aromatic rings. The number of nitrogens with zero attached hydrogens (tertiary/aromatic N) is 1. The number of nitriles is 1. The normalized spacial score (nSPS) is 12.2. The lowest BCUT2D eigenvalue weighted by molar-refractivity contribution is -0.118. The summed E-state index contributed by atoms with van der Waals surface area (Å²) in [5.74, 6) is -2.04. The van der Waals surface area contributed by atoms with Crippen LogP contribution in [0.3, 0.4) is 0 Å². The van der Waals surface area contributed by atoms with Crippen LogP contribution in [-0.4, -0.2) is 24.5 Å². The molecule has 9 heteroatoms. The fourth-order valence-corrected chi connectivity index (χ4v) is 5.04. The largest absolute Gasteiger partial charge is 0.392 e. The van der Waals surface area contributed by atoms with E-state index in [2.05, 4.69) is 0 Å². The summed E-state index contributed by atoms with van der Waals surface area (Å²) in [6.07, 6.45) is -0.391. The Labute approximate surface area is 200 Å². The molecule has 0 aromatic heterocycles. The van der Waals surface area contributed by atoms with Crippen LogP contribution in [-0.2, 0) is 33.4 Å². The molecular weight excluding hydrogens is 459 g/mol. The third-order valence-corrected chi connectivity index (χ3v) is 6.94. The van der Waals surface area contributed by atoms with Crippen LogP contribution < -0.4 is 4.72 Å². The molecule has 34 heavy (non-hydrogen) atoms. The van der Waals surface area contributed by atoms with Gasteiger partial charge >= 0.3 is 0 Å². The van der Waals surface area contributed by atoms with Gasteiger partial charge in [0, 0.05) is 0 Å². The number of benzene rings is 2. The number of carbonyl (C=O) groups excluding carboxylic acids is 1. The van der Waals surface area contributed by atoms with Gasteiger partial charge in [-0.05, 0) is 71.7 Å². The number of nitrogens with one attached hydrogen (secondary N) is 1. The van der Waals surface area contributed by atoms with Gasteiger partial charge < -0.3 is 10.2 Å². The molecule has 0 unspecified atom stereocenters. The molecule has 0 fully saturated rings. The Bertz CT molecular complexity index is 1240. The van der Waals surface area contributed by atoms with E-state index in [0.717, 1.165) is 0 Å². The number of sulfonamides is 1. The molecule has 0 bridgehead atoms. The third kappa shape index (κ3) is 5.81. The quantitative estimate of drug-likeness (QED) is 0.518. The maximum Gasteiger partial charge on any atom is 0.264 e. The second-order valence-electron chi connectivity index (χ2n) is 9.38. The first kappa shape index (κ1) is 27.4. The molecule has 0 aliphatic rings. The Morgan fingerprint density at radius 3 is 2.26 bits per heavy atom. The third-order valence-electron chi connectivity index (χ3n) is 5.57. The highest BCUT2D eigenvalue weighted by molar-refractivity contribution is 7.90.